The highest BCUT2D eigenvalue weighted by Crippen LogP contribution is 2.34. The van der Waals surface area contributed by atoms with E-state index in [9.17, 15) is 9.32 Å². The van der Waals surface area contributed by atoms with Gasteiger partial charge in [-0.1, -0.05) is 6.08 Å². The number of aliphatic hydroxyl groups is 1. The Morgan fingerprint density at radius 1 is 1.50 bits per heavy atom. The number of hydrogen-bond donors (Lipinski definition) is 2. The summed E-state index contributed by atoms with van der Waals surface area (Å²) in [5.41, 5.74) is -0.602. The van der Waals surface area contributed by atoms with Crippen LogP contribution in [0.15, 0.2) is 12.7 Å². The van der Waals surface area contributed by atoms with Crippen LogP contribution in [-0.4, -0.2) is 25.2 Å². The summed E-state index contributed by atoms with van der Waals surface area (Å²) in [6.07, 6.45) is 5.50. The molecule has 0 bridgehead atoms. The van der Waals surface area contributed by atoms with Crippen LogP contribution in [0.4, 0.5) is 0 Å². The lowest BCUT2D eigenvalue weighted by atomic mass is 9.78. The largest absolute Gasteiger partial charge is 0.390 e. The van der Waals surface area contributed by atoms with E-state index >= 15 is 0 Å². The minimum Gasteiger partial charge on any atom is -0.390 e. The maximum Gasteiger partial charge on any atom is 0.153 e. The summed E-state index contributed by atoms with van der Waals surface area (Å²) in [5, 5.41) is 10.0. The molecule has 0 aromatic rings. The summed E-state index contributed by atoms with van der Waals surface area (Å²) >= 11 is -1.69. The van der Waals surface area contributed by atoms with Crippen LogP contribution in [0.25, 0.3) is 0 Å². The van der Waals surface area contributed by atoms with Crippen LogP contribution in [0.1, 0.15) is 32.1 Å². The minimum atomic E-state index is -1.69. The summed E-state index contributed by atoms with van der Waals surface area (Å²) in [5.74, 6) is 0.649. The minimum absolute atomic E-state index is 0.297. The van der Waals surface area contributed by atoms with Gasteiger partial charge in [-0.05, 0) is 38.0 Å². The molecule has 2 N–H and O–H groups in total. The normalized spacial score (nSPS) is 35.1. The number of hydrogen-bond acceptors (Lipinski definition) is 2. The third-order valence-electron chi connectivity index (χ3n) is 2.94. The van der Waals surface area contributed by atoms with Crippen LogP contribution in [-0.2, 0) is 11.1 Å². The Kier molecular flexibility index (Phi) is 4.29. The predicted molar refractivity (Wildman–Crippen MR) is 57.4 cm³/mol. The smallest absolute Gasteiger partial charge is 0.153 e. The van der Waals surface area contributed by atoms with Crippen molar-refractivity contribution in [3.63, 3.8) is 0 Å². The number of rotatable bonds is 4. The van der Waals surface area contributed by atoms with Gasteiger partial charge in [-0.25, -0.2) is 4.21 Å². The molecular formula is C10H18O3S. The van der Waals surface area contributed by atoms with Crippen LogP contribution in [0, 0.1) is 5.92 Å². The molecule has 0 amide bonds. The van der Waals surface area contributed by atoms with Crippen LogP contribution >= 0.6 is 0 Å². The molecule has 0 aromatic heterocycles. The van der Waals surface area contributed by atoms with Crippen molar-refractivity contribution in [1.82, 2.24) is 0 Å². The lowest BCUT2D eigenvalue weighted by Gasteiger charge is -2.34. The Balaban J connectivity index is 2.37. The first-order valence-corrected chi connectivity index (χ1v) is 6.24. The van der Waals surface area contributed by atoms with E-state index in [1.807, 2.05) is 0 Å². The van der Waals surface area contributed by atoms with Gasteiger partial charge in [-0.3, -0.25) is 0 Å². The average Bonchev–Trinajstić information content (AvgIpc) is 2.09. The maximum absolute atomic E-state index is 10.6. The topological polar surface area (TPSA) is 57.5 Å². The fourth-order valence-corrected chi connectivity index (χ4v) is 2.79. The Labute approximate surface area is 87.5 Å². The zero-order valence-corrected chi connectivity index (χ0v) is 9.13. The summed E-state index contributed by atoms with van der Waals surface area (Å²) in [4.78, 5) is 0. The first-order chi connectivity index (χ1) is 6.56. The monoisotopic (exact) mass is 218 g/mol. The van der Waals surface area contributed by atoms with Gasteiger partial charge in [-0.2, -0.15) is 0 Å². The van der Waals surface area contributed by atoms with Crippen LogP contribution < -0.4 is 0 Å². The van der Waals surface area contributed by atoms with E-state index in [0.717, 1.165) is 25.7 Å². The van der Waals surface area contributed by atoms with E-state index in [1.165, 1.54) is 0 Å². The third kappa shape index (κ3) is 3.52. The maximum atomic E-state index is 10.6. The molecule has 82 valence electrons. The first-order valence-electron chi connectivity index (χ1n) is 4.96. The van der Waals surface area contributed by atoms with Gasteiger partial charge in [0.2, 0.25) is 0 Å². The Morgan fingerprint density at radius 2 is 2.07 bits per heavy atom. The van der Waals surface area contributed by atoms with E-state index in [4.69, 9.17) is 4.55 Å². The van der Waals surface area contributed by atoms with Gasteiger partial charge >= 0.3 is 0 Å². The molecule has 1 fully saturated rings. The molecule has 1 rings (SSSR count). The zero-order chi connectivity index (χ0) is 10.6. The SMILES string of the molecule is C=CCC1(O)CCC(CS(=O)O)CC1. The molecule has 0 radical (unpaired) electrons. The van der Waals surface area contributed by atoms with Crippen molar-refractivity contribution in [2.45, 2.75) is 37.7 Å². The molecule has 1 saturated carbocycles. The van der Waals surface area contributed by atoms with Crippen LogP contribution in [0.2, 0.25) is 0 Å². The molecular weight excluding hydrogens is 200 g/mol. The second-order valence-corrected chi connectivity index (χ2v) is 5.12. The van der Waals surface area contributed by atoms with Gasteiger partial charge < -0.3 is 9.66 Å². The summed E-state index contributed by atoms with van der Waals surface area (Å²) < 4.78 is 19.3. The molecule has 3 nitrogen and oxygen atoms in total. The Hall–Kier alpha value is -0.190. The predicted octanol–water partition coefficient (Wildman–Crippen LogP) is 1.71. The van der Waals surface area contributed by atoms with Gasteiger partial charge in [0.25, 0.3) is 0 Å². The molecule has 0 spiro atoms. The van der Waals surface area contributed by atoms with Crippen molar-refractivity contribution in [3.8, 4) is 0 Å². The second-order valence-electron chi connectivity index (χ2n) is 4.15. The highest BCUT2D eigenvalue weighted by atomic mass is 32.2. The van der Waals surface area contributed by atoms with Crippen molar-refractivity contribution in [2.24, 2.45) is 5.92 Å². The molecule has 1 aliphatic rings. The second kappa shape index (κ2) is 5.05. The third-order valence-corrected chi connectivity index (χ3v) is 3.70. The molecule has 1 aliphatic carbocycles. The first kappa shape index (κ1) is 11.9. The van der Waals surface area contributed by atoms with E-state index in [0.29, 0.717) is 18.1 Å². The van der Waals surface area contributed by atoms with E-state index in [1.54, 1.807) is 6.08 Å². The van der Waals surface area contributed by atoms with Crippen molar-refractivity contribution >= 4 is 11.1 Å². The molecule has 4 heteroatoms. The van der Waals surface area contributed by atoms with Gasteiger partial charge in [-0.15, -0.1) is 6.58 Å². The summed E-state index contributed by atoms with van der Waals surface area (Å²) in [6, 6.07) is 0. The molecule has 1 unspecified atom stereocenters. The van der Waals surface area contributed by atoms with Gasteiger partial charge in [0.1, 0.15) is 0 Å². The van der Waals surface area contributed by atoms with Crippen LogP contribution in [0.3, 0.4) is 0 Å². The molecule has 1 atom stereocenters. The molecule has 0 aliphatic heterocycles. The molecule has 14 heavy (non-hydrogen) atoms. The quantitative estimate of drug-likeness (QED) is 0.558. The van der Waals surface area contributed by atoms with Crippen molar-refractivity contribution in [2.75, 3.05) is 5.75 Å². The van der Waals surface area contributed by atoms with E-state index in [-0.39, 0.29) is 0 Å². The Bertz CT molecular complexity index is 219. The molecule has 0 saturated heterocycles. The van der Waals surface area contributed by atoms with Crippen molar-refractivity contribution < 1.29 is 13.9 Å². The average molecular weight is 218 g/mol. The van der Waals surface area contributed by atoms with Gasteiger partial charge in [0.15, 0.2) is 11.1 Å². The lowest BCUT2D eigenvalue weighted by Crippen LogP contribution is -2.34. The fourth-order valence-electron chi connectivity index (χ4n) is 2.06. The van der Waals surface area contributed by atoms with Crippen molar-refractivity contribution in [3.05, 3.63) is 12.7 Å². The van der Waals surface area contributed by atoms with Crippen LogP contribution in [0.5, 0.6) is 0 Å². The lowest BCUT2D eigenvalue weighted by molar-refractivity contribution is -0.00393. The highest BCUT2D eigenvalue weighted by molar-refractivity contribution is 7.79. The molecule has 0 aromatic carbocycles. The summed E-state index contributed by atoms with van der Waals surface area (Å²) in [7, 11) is 0. The molecule has 0 heterocycles. The van der Waals surface area contributed by atoms with E-state index < -0.39 is 16.7 Å². The Morgan fingerprint density at radius 3 is 2.50 bits per heavy atom. The van der Waals surface area contributed by atoms with Crippen molar-refractivity contribution in [1.29, 1.82) is 0 Å². The fraction of sp³-hybridized carbons (Fsp3) is 0.800. The highest BCUT2D eigenvalue weighted by Gasteiger charge is 2.32. The zero-order valence-electron chi connectivity index (χ0n) is 8.32. The van der Waals surface area contributed by atoms with Gasteiger partial charge in [0, 0.05) is 0 Å². The van der Waals surface area contributed by atoms with Gasteiger partial charge in [0.05, 0.1) is 11.4 Å². The van der Waals surface area contributed by atoms with E-state index in [2.05, 4.69) is 6.58 Å². The summed E-state index contributed by atoms with van der Waals surface area (Å²) in [6.45, 7) is 3.62. The standard InChI is InChI=1S/C10H18O3S/c1-2-5-10(11)6-3-9(4-7-10)8-14(12)13/h2,9,11H,1,3-8H2,(H,12,13).